The molecule has 0 N–H and O–H groups in total. The summed E-state index contributed by atoms with van der Waals surface area (Å²) in [6.45, 7) is 3.92. The van der Waals surface area contributed by atoms with Gasteiger partial charge in [0, 0.05) is 24.2 Å². The van der Waals surface area contributed by atoms with Gasteiger partial charge in [-0.3, -0.25) is 0 Å². The van der Waals surface area contributed by atoms with Crippen LogP contribution in [0.15, 0.2) is 35.3 Å². The third-order valence-corrected chi connectivity index (χ3v) is 4.28. The molecule has 1 aliphatic carbocycles. The maximum absolute atomic E-state index is 13.4. The normalized spacial score (nSPS) is 14.2. The number of nitrogens with zero attached hydrogens (tertiary/aromatic N) is 2. The van der Waals surface area contributed by atoms with E-state index < -0.39 is 5.82 Å². The Kier molecular flexibility index (Phi) is 4.76. The zero-order valence-corrected chi connectivity index (χ0v) is 14.8. The lowest BCUT2D eigenvalue weighted by Gasteiger charge is -2.13. The monoisotopic (exact) mass is 346 g/mol. The molecule has 1 saturated carbocycles. The van der Waals surface area contributed by atoms with Crippen LogP contribution in [0, 0.1) is 19.7 Å². The molecule has 3 nitrogen and oxygen atoms in total. The summed E-state index contributed by atoms with van der Waals surface area (Å²) in [7, 11) is 2.05. The zero-order chi connectivity index (χ0) is 17.3. The summed E-state index contributed by atoms with van der Waals surface area (Å²) in [6, 6.07) is 8.69. The molecule has 0 atom stereocenters. The molecular weight excluding hydrogens is 327 g/mol. The summed E-state index contributed by atoms with van der Waals surface area (Å²) in [5.41, 5.74) is 2.84. The molecule has 0 heterocycles. The Morgan fingerprint density at radius 2 is 1.92 bits per heavy atom. The van der Waals surface area contributed by atoms with E-state index in [1.54, 1.807) is 6.07 Å². The van der Waals surface area contributed by atoms with Crippen LogP contribution in [0.5, 0.6) is 11.5 Å². The lowest BCUT2D eigenvalue weighted by atomic mass is 10.1. The number of halogens is 2. The molecule has 2 aromatic carbocycles. The van der Waals surface area contributed by atoms with E-state index in [4.69, 9.17) is 16.3 Å². The lowest BCUT2D eigenvalue weighted by molar-refractivity contribution is 0.473. The third kappa shape index (κ3) is 4.06. The molecule has 0 aliphatic heterocycles. The van der Waals surface area contributed by atoms with E-state index in [0.717, 1.165) is 16.8 Å². The molecule has 0 bridgehead atoms. The highest BCUT2D eigenvalue weighted by atomic mass is 35.5. The third-order valence-electron chi connectivity index (χ3n) is 4.06. The first-order valence-electron chi connectivity index (χ1n) is 7.93. The predicted octanol–water partition coefficient (Wildman–Crippen LogP) is 5.64. The van der Waals surface area contributed by atoms with E-state index in [1.807, 2.05) is 32.3 Å². The molecule has 0 radical (unpaired) electrons. The Bertz CT molecular complexity index is 767. The van der Waals surface area contributed by atoms with Crippen LogP contribution >= 0.6 is 11.6 Å². The maximum atomic E-state index is 13.4. The average Bonchev–Trinajstić information content (AvgIpc) is 3.32. The number of rotatable bonds is 5. The molecule has 0 aromatic heterocycles. The van der Waals surface area contributed by atoms with Crippen molar-refractivity contribution in [2.24, 2.45) is 4.99 Å². The van der Waals surface area contributed by atoms with Crippen molar-refractivity contribution >= 4 is 23.6 Å². The summed E-state index contributed by atoms with van der Waals surface area (Å²) < 4.78 is 19.2. The molecule has 1 aliphatic rings. The molecule has 5 heteroatoms. The predicted molar refractivity (Wildman–Crippen MR) is 96.3 cm³/mol. The fourth-order valence-electron chi connectivity index (χ4n) is 2.47. The van der Waals surface area contributed by atoms with E-state index in [2.05, 4.69) is 16.9 Å². The van der Waals surface area contributed by atoms with E-state index in [1.165, 1.54) is 25.0 Å². The van der Waals surface area contributed by atoms with E-state index >= 15 is 0 Å². The number of aryl methyl sites for hydroxylation is 2. The van der Waals surface area contributed by atoms with Crippen LogP contribution in [0.1, 0.15) is 24.0 Å². The van der Waals surface area contributed by atoms with Gasteiger partial charge < -0.3 is 9.64 Å². The van der Waals surface area contributed by atoms with Gasteiger partial charge >= 0.3 is 0 Å². The van der Waals surface area contributed by atoms with Crippen LogP contribution in [-0.4, -0.2) is 24.3 Å². The first kappa shape index (κ1) is 16.8. The first-order chi connectivity index (χ1) is 11.4. The fraction of sp³-hybridized carbons (Fsp3) is 0.316. The molecule has 3 rings (SSSR count). The van der Waals surface area contributed by atoms with Crippen LogP contribution in [0.25, 0.3) is 0 Å². The van der Waals surface area contributed by atoms with Crippen molar-refractivity contribution in [1.29, 1.82) is 0 Å². The van der Waals surface area contributed by atoms with Crippen LogP contribution in [0.3, 0.4) is 0 Å². The number of aliphatic imine (C=N–C) groups is 1. The highest BCUT2D eigenvalue weighted by molar-refractivity contribution is 6.30. The van der Waals surface area contributed by atoms with Crippen LogP contribution in [0.4, 0.5) is 10.1 Å². The van der Waals surface area contributed by atoms with Gasteiger partial charge in [-0.25, -0.2) is 9.38 Å². The molecule has 0 unspecified atom stereocenters. The van der Waals surface area contributed by atoms with Crippen molar-refractivity contribution in [1.82, 2.24) is 4.90 Å². The van der Waals surface area contributed by atoms with E-state index in [9.17, 15) is 4.39 Å². The lowest BCUT2D eigenvalue weighted by Crippen LogP contribution is -2.17. The minimum absolute atomic E-state index is 0.309. The van der Waals surface area contributed by atoms with Gasteiger partial charge in [0.25, 0.3) is 0 Å². The van der Waals surface area contributed by atoms with Gasteiger partial charge in [0.15, 0.2) is 0 Å². The standard InChI is InChI=1S/C19H20ClFN2O/c1-12-7-19(24-17-9-14(20)8-15(21)10-17)13(2)6-18(12)22-11-23(3)16-4-5-16/h6-11,16H,4-5H2,1-3H3/b22-11+. The zero-order valence-electron chi connectivity index (χ0n) is 14.0. The summed E-state index contributed by atoms with van der Waals surface area (Å²) in [5.74, 6) is 0.632. The van der Waals surface area contributed by atoms with Gasteiger partial charge in [-0.2, -0.15) is 0 Å². The molecule has 2 aromatic rings. The fourth-order valence-corrected chi connectivity index (χ4v) is 2.68. The topological polar surface area (TPSA) is 24.8 Å². The van der Waals surface area contributed by atoms with Gasteiger partial charge in [-0.05, 0) is 62.1 Å². The molecule has 0 spiro atoms. The summed E-state index contributed by atoms with van der Waals surface area (Å²) in [5, 5.41) is 0.309. The van der Waals surface area contributed by atoms with Gasteiger partial charge in [-0.1, -0.05) is 11.6 Å². The van der Waals surface area contributed by atoms with Crippen LogP contribution in [0.2, 0.25) is 5.02 Å². The van der Waals surface area contributed by atoms with Gasteiger partial charge in [0.05, 0.1) is 12.0 Å². The largest absolute Gasteiger partial charge is 0.457 e. The molecule has 0 amide bonds. The number of ether oxygens (including phenoxy) is 1. The minimum Gasteiger partial charge on any atom is -0.457 e. The Morgan fingerprint density at radius 3 is 2.58 bits per heavy atom. The second-order valence-electron chi connectivity index (χ2n) is 6.25. The Morgan fingerprint density at radius 1 is 1.17 bits per heavy atom. The van der Waals surface area contributed by atoms with E-state index in [0.29, 0.717) is 22.6 Å². The van der Waals surface area contributed by atoms with Crippen molar-refractivity contribution in [2.45, 2.75) is 32.7 Å². The molecule has 1 fully saturated rings. The van der Waals surface area contributed by atoms with Crippen molar-refractivity contribution in [2.75, 3.05) is 7.05 Å². The highest BCUT2D eigenvalue weighted by Crippen LogP contribution is 2.33. The van der Waals surface area contributed by atoms with Crippen LogP contribution in [-0.2, 0) is 0 Å². The van der Waals surface area contributed by atoms with Gasteiger partial charge in [0.1, 0.15) is 17.3 Å². The van der Waals surface area contributed by atoms with Crippen molar-refractivity contribution < 1.29 is 9.13 Å². The average molecular weight is 347 g/mol. The second kappa shape index (κ2) is 6.81. The second-order valence-corrected chi connectivity index (χ2v) is 6.69. The maximum Gasteiger partial charge on any atom is 0.131 e. The first-order valence-corrected chi connectivity index (χ1v) is 8.31. The summed E-state index contributed by atoms with van der Waals surface area (Å²) >= 11 is 5.87. The van der Waals surface area contributed by atoms with Crippen LogP contribution < -0.4 is 4.74 Å². The Hall–Kier alpha value is -2.07. The Labute approximate surface area is 146 Å². The summed E-state index contributed by atoms with van der Waals surface area (Å²) in [6.07, 6.45) is 4.36. The van der Waals surface area contributed by atoms with Crippen molar-refractivity contribution in [3.05, 3.63) is 52.3 Å². The molecular formula is C19H20ClFN2O. The van der Waals surface area contributed by atoms with Gasteiger partial charge in [0.2, 0.25) is 0 Å². The molecule has 0 saturated heterocycles. The quantitative estimate of drug-likeness (QED) is 0.516. The van der Waals surface area contributed by atoms with E-state index in [-0.39, 0.29) is 0 Å². The number of benzene rings is 2. The highest BCUT2D eigenvalue weighted by Gasteiger charge is 2.24. The van der Waals surface area contributed by atoms with Gasteiger partial charge in [-0.15, -0.1) is 0 Å². The molecule has 126 valence electrons. The number of hydrogen-bond donors (Lipinski definition) is 0. The summed E-state index contributed by atoms with van der Waals surface area (Å²) in [4.78, 5) is 6.72. The minimum atomic E-state index is -0.420. The Balaban J connectivity index is 1.81. The number of hydrogen-bond acceptors (Lipinski definition) is 2. The SMILES string of the molecule is Cc1cc(Oc2cc(F)cc(Cl)c2)c(C)cc1/N=C/N(C)C1CC1. The van der Waals surface area contributed by atoms with Crippen molar-refractivity contribution in [3.63, 3.8) is 0 Å². The van der Waals surface area contributed by atoms with Crippen molar-refractivity contribution in [3.8, 4) is 11.5 Å². The molecule has 24 heavy (non-hydrogen) atoms. The smallest absolute Gasteiger partial charge is 0.131 e.